The average molecular weight is 528 g/mol. The predicted octanol–water partition coefficient (Wildman–Crippen LogP) is 4.43. The van der Waals surface area contributed by atoms with Crippen LogP contribution in [0.1, 0.15) is 45.2 Å². The highest BCUT2D eigenvalue weighted by Gasteiger charge is 2.31. The summed E-state index contributed by atoms with van der Waals surface area (Å²) in [6, 6.07) is 6.38. The van der Waals surface area contributed by atoms with Gasteiger partial charge in [-0.3, -0.25) is 5.32 Å². The van der Waals surface area contributed by atoms with Crippen molar-refractivity contribution >= 4 is 29.4 Å². The van der Waals surface area contributed by atoms with E-state index in [-0.39, 0.29) is 12.1 Å². The molecule has 12 heteroatoms. The lowest BCUT2D eigenvalue weighted by Gasteiger charge is -2.35. The molecule has 1 N–H and O–H groups in total. The average Bonchev–Trinajstić information content (AvgIpc) is 3.52. The summed E-state index contributed by atoms with van der Waals surface area (Å²) in [6.45, 7) is 7.52. The van der Waals surface area contributed by atoms with Crippen molar-refractivity contribution in [3.63, 3.8) is 0 Å². The Balaban J connectivity index is 1.28. The van der Waals surface area contributed by atoms with Crippen molar-refractivity contribution in [1.82, 2.24) is 24.4 Å². The van der Waals surface area contributed by atoms with E-state index in [1.165, 1.54) is 16.8 Å². The van der Waals surface area contributed by atoms with Crippen molar-refractivity contribution in [2.45, 2.75) is 45.3 Å². The maximum Gasteiger partial charge on any atom is 0.410 e. The minimum Gasteiger partial charge on any atom is -0.444 e. The Kier molecular flexibility index (Phi) is 6.80. The van der Waals surface area contributed by atoms with Gasteiger partial charge in [0.1, 0.15) is 23.1 Å². The highest BCUT2D eigenvalue weighted by Crippen LogP contribution is 2.36. The number of amides is 3. The molecule has 5 rings (SSSR count). The molecular weight excluding hydrogens is 496 g/mol. The number of anilines is 2. The zero-order valence-electron chi connectivity index (χ0n) is 21.7. The van der Waals surface area contributed by atoms with E-state index in [0.29, 0.717) is 62.0 Å². The molecule has 2 aliphatic rings. The molecule has 38 heavy (non-hydrogen) atoms. The van der Waals surface area contributed by atoms with Crippen LogP contribution in [0.2, 0.25) is 0 Å². The topological polar surface area (TPSA) is 95.3 Å². The molecule has 10 nitrogen and oxygen atoms in total. The fourth-order valence-corrected chi connectivity index (χ4v) is 4.84. The number of carbonyl (C=O) groups excluding carboxylic acids is 2. The Morgan fingerprint density at radius 1 is 1.03 bits per heavy atom. The molecule has 0 saturated carbocycles. The number of ether oxygens (including phenoxy) is 1. The summed E-state index contributed by atoms with van der Waals surface area (Å²) < 4.78 is 35.3. The van der Waals surface area contributed by atoms with Crippen LogP contribution in [0.4, 0.5) is 30.0 Å². The van der Waals surface area contributed by atoms with Crippen molar-refractivity contribution in [2.75, 3.05) is 42.9 Å². The Bertz CT molecular complexity index is 1350. The number of nitrogens with one attached hydrogen (secondary N) is 1. The molecule has 3 amide bonds. The van der Waals surface area contributed by atoms with Crippen LogP contribution >= 0.6 is 0 Å². The number of piperazine rings is 1. The van der Waals surface area contributed by atoms with Crippen molar-refractivity contribution in [3.8, 4) is 0 Å². The molecule has 2 aliphatic heterocycles. The molecule has 1 aromatic carbocycles. The van der Waals surface area contributed by atoms with Crippen LogP contribution in [-0.4, -0.2) is 74.8 Å². The molecule has 0 unspecified atom stereocenters. The van der Waals surface area contributed by atoms with Gasteiger partial charge in [0.2, 0.25) is 0 Å². The smallest absolute Gasteiger partial charge is 0.410 e. The lowest BCUT2D eigenvalue weighted by Crippen LogP contribution is -2.52. The third-order valence-electron chi connectivity index (χ3n) is 6.67. The van der Waals surface area contributed by atoms with Crippen molar-refractivity contribution < 1.29 is 23.1 Å². The molecular formula is C26H31F2N7O3. The second kappa shape index (κ2) is 10.1. The lowest BCUT2D eigenvalue weighted by atomic mass is 10.0. The number of imidazole rings is 1. The Labute approximate surface area is 219 Å². The standard InChI is InChI=1S/C26H31F2N7O3/c1-26(2,3)38-25(37)33-13-11-32(12-14-33)24(36)30-23-16-29-21-8-9-22(31-35(21)23)34-10-4-5-20(34)18-15-17(27)6-7-19(18)28/h6-9,15-16,20H,4-5,10-14H2,1-3H3,(H,30,36)/t20-/m1/s1. The van der Waals surface area contributed by atoms with Gasteiger partial charge in [0.15, 0.2) is 11.5 Å². The largest absolute Gasteiger partial charge is 0.444 e. The maximum atomic E-state index is 14.5. The number of carbonyl (C=O) groups is 2. The summed E-state index contributed by atoms with van der Waals surface area (Å²) in [7, 11) is 0. The third kappa shape index (κ3) is 5.34. The van der Waals surface area contributed by atoms with Crippen molar-refractivity contribution in [3.05, 3.63) is 53.7 Å². The highest BCUT2D eigenvalue weighted by atomic mass is 19.1. The van der Waals surface area contributed by atoms with Crippen LogP contribution in [0, 0.1) is 11.6 Å². The molecule has 202 valence electrons. The molecule has 4 heterocycles. The Morgan fingerprint density at radius 2 is 1.76 bits per heavy atom. The maximum absolute atomic E-state index is 14.5. The lowest BCUT2D eigenvalue weighted by molar-refractivity contribution is 0.0174. The predicted molar refractivity (Wildman–Crippen MR) is 137 cm³/mol. The van der Waals surface area contributed by atoms with Gasteiger partial charge in [0.05, 0.1) is 12.2 Å². The molecule has 2 fully saturated rings. The first kappa shape index (κ1) is 25.7. The van der Waals surface area contributed by atoms with Gasteiger partial charge >= 0.3 is 12.1 Å². The number of benzene rings is 1. The monoisotopic (exact) mass is 527 g/mol. The van der Waals surface area contributed by atoms with E-state index in [1.807, 2.05) is 25.7 Å². The zero-order chi connectivity index (χ0) is 27.0. The fourth-order valence-electron chi connectivity index (χ4n) is 4.84. The first-order valence-corrected chi connectivity index (χ1v) is 12.7. The van der Waals surface area contributed by atoms with Crippen LogP contribution < -0.4 is 10.2 Å². The molecule has 0 bridgehead atoms. The van der Waals surface area contributed by atoms with Gasteiger partial charge in [-0.1, -0.05) is 0 Å². The van der Waals surface area contributed by atoms with Crippen LogP contribution in [-0.2, 0) is 4.74 Å². The Morgan fingerprint density at radius 3 is 2.50 bits per heavy atom. The number of urea groups is 1. The zero-order valence-corrected chi connectivity index (χ0v) is 21.7. The molecule has 0 spiro atoms. The van der Waals surface area contributed by atoms with E-state index in [1.54, 1.807) is 21.9 Å². The number of nitrogens with zero attached hydrogens (tertiary/aromatic N) is 6. The molecule has 2 saturated heterocycles. The minimum absolute atomic E-state index is 0.300. The van der Waals surface area contributed by atoms with E-state index >= 15 is 0 Å². The van der Waals surface area contributed by atoms with Crippen LogP contribution in [0.3, 0.4) is 0 Å². The van der Waals surface area contributed by atoms with Crippen molar-refractivity contribution in [1.29, 1.82) is 0 Å². The quantitative estimate of drug-likeness (QED) is 0.542. The van der Waals surface area contributed by atoms with Gasteiger partial charge in [-0.2, -0.15) is 4.52 Å². The fraction of sp³-hybridized carbons (Fsp3) is 0.462. The van der Waals surface area contributed by atoms with Crippen LogP contribution in [0.25, 0.3) is 5.65 Å². The van der Waals surface area contributed by atoms with Gasteiger partial charge in [0.25, 0.3) is 0 Å². The van der Waals surface area contributed by atoms with Crippen molar-refractivity contribution in [2.24, 2.45) is 0 Å². The van der Waals surface area contributed by atoms with Crippen LogP contribution in [0.5, 0.6) is 0 Å². The summed E-state index contributed by atoms with van der Waals surface area (Å²) in [5, 5.41) is 7.53. The number of fused-ring (bicyclic) bond motifs is 1. The number of rotatable bonds is 3. The van der Waals surface area contributed by atoms with E-state index in [0.717, 1.165) is 18.6 Å². The first-order chi connectivity index (χ1) is 18.1. The summed E-state index contributed by atoms with van der Waals surface area (Å²) in [4.78, 5) is 34.8. The number of halogens is 2. The number of hydrogen-bond acceptors (Lipinski definition) is 6. The van der Waals surface area contributed by atoms with E-state index in [2.05, 4.69) is 15.4 Å². The summed E-state index contributed by atoms with van der Waals surface area (Å²) in [5.74, 6) is 0.0205. The second-order valence-corrected chi connectivity index (χ2v) is 10.5. The first-order valence-electron chi connectivity index (χ1n) is 12.7. The molecule has 3 aromatic rings. The SMILES string of the molecule is CC(C)(C)OC(=O)N1CCN(C(=O)Nc2cnc3ccc(N4CCC[C@@H]4c4cc(F)ccc4F)nn23)CC1. The van der Waals surface area contributed by atoms with E-state index in [9.17, 15) is 18.4 Å². The van der Waals surface area contributed by atoms with E-state index in [4.69, 9.17) is 4.74 Å². The third-order valence-corrected chi connectivity index (χ3v) is 6.67. The molecule has 1 atom stereocenters. The van der Waals surface area contributed by atoms with Crippen LogP contribution in [0.15, 0.2) is 36.5 Å². The molecule has 0 radical (unpaired) electrons. The van der Waals surface area contributed by atoms with Gasteiger partial charge in [-0.25, -0.2) is 23.4 Å². The van der Waals surface area contributed by atoms with Gasteiger partial charge in [-0.15, -0.1) is 5.10 Å². The molecule has 2 aromatic heterocycles. The second-order valence-electron chi connectivity index (χ2n) is 10.5. The van der Waals surface area contributed by atoms with E-state index < -0.39 is 23.3 Å². The normalized spacial score (nSPS) is 18.2. The summed E-state index contributed by atoms with van der Waals surface area (Å²) in [5.41, 5.74) is 0.252. The summed E-state index contributed by atoms with van der Waals surface area (Å²) in [6.07, 6.45) is 2.61. The molecule has 0 aliphatic carbocycles. The minimum atomic E-state index is -0.582. The number of aromatic nitrogens is 3. The highest BCUT2D eigenvalue weighted by molar-refractivity contribution is 5.89. The number of hydrogen-bond donors (Lipinski definition) is 1. The summed E-state index contributed by atoms with van der Waals surface area (Å²) >= 11 is 0. The van der Waals surface area contributed by atoms with Gasteiger partial charge in [-0.05, 0) is 63.9 Å². The van der Waals surface area contributed by atoms with Gasteiger partial charge in [0, 0.05) is 38.3 Å². The Hall–Kier alpha value is -3.96. The van der Waals surface area contributed by atoms with Gasteiger partial charge < -0.3 is 19.4 Å².